The van der Waals surface area contributed by atoms with Crippen molar-refractivity contribution in [3.8, 4) is 17.2 Å². The number of benzene rings is 3. The fraction of sp³-hybridized carbons (Fsp3) is 0.480. The highest BCUT2D eigenvalue weighted by Gasteiger charge is 2.50. The van der Waals surface area contributed by atoms with Crippen LogP contribution in [0.5, 0.6) is 17.2 Å². The summed E-state index contributed by atoms with van der Waals surface area (Å²) in [6, 6.07) is 18.1. The van der Waals surface area contributed by atoms with E-state index in [1.807, 2.05) is 11.8 Å². The number of nitro groups is 1. The van der Waals surface area contributed by atoms with Crippen molar-refractivity contribution in [2.24, 2.45) is 11.3 Å². The number of aliphatic hydroxyl groups is 1. The van der Waals surface area contributed by atoms with E-state index in [-0.39, 0.29) is 57.9 Å². The maximum absolute atomic E-state index is 14.7. The zero-order valence-electron chi connectivity index (χ0n) is 38.5. The molecule has 5 aromatic rings. The van der Waals surface area contributed by atoms with Gasteiger partial charge in [-0.25, -0.2) is 22.5 Å². The number of anilines is 2. The number of hydrogen-bond acceptors (Lipinski definition) is 13. The van der Waals surface area contributed by atoms with Gasteiger partial charge in [-0.2, -0.15) is 11.8 Å². The van der Waals surface area contributed by atoms with Crippen molar-refractivity contribution in [1.82, 2.24) is 19.6 Å². The summed E-state index contributed by atoms with van der Waals surface area (Å²) in [5.74, 6) is 1.34. The van der Waals surface area contributed by atoms with Gasteiger partial charge in [0.05, 0.1) is 38.6 Å². The van der Waals surface area contributed by atoms with E-state index in [9.17, 15) is 32.8 Å². The maximum atomic E-state index is 14.7. The van der Waals surface area contributed by atoms with Crippen LogP contribution in [0.3, 0.4) is 0 Å². The number of ether oxygens (including phenoxy) is 2. The summed E-state index contributed by atoms with van der Waals surface area (Å²) in [7, 11) is -4.72. The summed E-state index contributed by atoms with van der Waals surface area (Å²) in [5.41, 5.74) is 2.88. The summed E-state index contributed by atoms with van der Waals surface area (Å²) in [6.07, 6.45) is 9.44. The van der Waals surface area contributed by atoms with Gasteiger partial charge in [0.25, 0.3) is 21.6 Å². The van der Waals surface area contributed by atoms with Crippen LogP contribution in [0.25, 0.3) is 11.0 Å². The molecule has 5 aliphatic rings. The molecule has 10 rings (SSSR count). The van der Waals surface area contributed by atoms with Gasteiger partial charge in [-0.1, -0.05) is 38.1 Å². The first-order valence-electron chi connectivity index (χ1n) is 23.7. The lowest BCUT2D eigenvalue weighted by Crippen LogP contribution is -2.57. The molecule has 4 N–H and O–H groups in total. The lowest BCUT2D eigenvalue weighted by molar-refractivity contribution is -0.384. The third-order valence-electron chi connectivity index (χ3n) is 15.2. The molecule has 4 fully saturated rings. The number of H-pyrrole nitrogens is 1. The quantitative estimate of drug-likeness (QED) is 0.0724. The first-order valence-corrected chi connectivity index (χ1v) is 26.3. The number of hydrogen-bond donors (Lipinski definition) is 4. The summed E-state index contributed by atoms with van der Waals surface area (Å²) >= 11 is 2.05. The Labute approximate surface area is 399 Å². The smallest absolute Gasteiger partial charge is 0.297 e. The molecule has 5 heterocycles. The van der Waals surface area contributed by atoms with Gasteiger partial charge in [-0.15, -0.1) is 0 Å². The van der Waals surface area contributed by atoms with Gasteiger partial charge in [0.15, 0.2) is 11.4 Å². The molecular formula is C50H58FN7O8S2. The van der Waals surface area contributed by atoms with E-state index in [4.69, 9.17) is 9.47 Å². The van der Waals surface area contributed by atoms with Gasteiger partial charge in [-0.3, -0.25) is 19.8 Å². The topological polar surface area (TPSA) is 192 Å². The standard InChI is InChI=1S/C50H58FN7O8S2/c1-30(2)36-6-4-5-7-37(36)43-29-67-19-18-57(43)33-24-50(25-33)14-16-56(17-15-50)32-8-9-38(44(20-32)66-34-21-39-40(51)27-53-47(39)52-26-34)48(59)55-68(63,64)35-22-42(58(61)62)46-45(23-35)65-28-41(54-46)31-10-12-49(3,60)13-11-31/h4-9,20-23,26-27,30-31,33,41,43,54,60H,10-19,24-25,28-29H2,1-3H3,(H,52,53)(H,55,59)/t31?,41-,43-,49?/m1/s1. The number of nitrogens with zero attached hydrogens (tertiary/aromatic N) is 4. The number of fused-ring (bicyclic) bond motifs is 2. The second-order valence-electron chi connectivity index (χ2n) is 20.1. The summed E-state index contributed by atoms with van der Waals surface area (Å²) in [4.78, 5) is 37.4. The molecule has 2 aromatic heterocycles. The number of pyridine rings is 1. The highest BCUT2D eigenvalue weighted by atomic mass is 32.2. The van der Waals surface area contributed by atoms with E-state index in [2.05, 4.69) is 67.9 Å². The van der Waals surface area contributed by atoms with E-state index in [0.717, 1.165) is 68.6 Å². The number of nitrogens with one attached hydrogen (secondary N) is 3. The molecule has 2 saturated carbocycles. The third-order valence-corrected chi connectivity index (χ3v) is 17.6. The van der Waals surface area contributed by atoms with Crippen LogP contribution < -0.4 is 24.4 Å². The maximum Gasteiger partial charge on any atom is 0.297 e. The Morgan fingerprint density at radius 1 is 1.07 bits per heavy atom. The molecular weight excluding hydrogens is 910 g/mol. The number of rotatable bonds is 11. The largest absolute Gasteiger partial charge is 0.489 e. The molecule has 2 saturated heterocycles. The van der Waals surface area contributed by atoms with Gasteiger partial charge >= 0.3 is 0 Å². The third kappa shape index (κ3) is 9.11. The molecule has 0 radical (unpaired) electrons. The monoisotopic (exact) mass is 967 g/mol. The number of nitro benzene ring substituents is 1. The molecule has 18 heteroatoms. The number of carbonyl (C=O) groups excluding carboxylic acids is 1. The van der Waals surface area contributed by atoms with Crippen LogP contribution in [0.1, 0.15) is 106 Å². The number of halogens is 1. The van der Waals surface area contributed by atoms with E-state index in [1.165, 1.54) is 41.7 Å². The van der Waals surface area contributed by atoms with Crippen LogP contribution in [-0.2, 0) is 10.0 Å². The Morgan fingerprint density at radius 2 is 1.84 bits per heavy atom. The molecule has 3 aromatic carbocycles. The number of sulfonamides is 1. The van der Waals surface area contributed by atoms with Crippen LogP contribution in [-0.4, -0.2) is 94.7 Å². The van der Waals surface area contributed by atoms with Crippen molar-refractivity contribution in [2.45, 2.75) is 107 Å². The first kappa shape index (κ1) is 46.3. The lowest BCUT2D eigenvalue weighted by Gasteiger charge is -2.57. The predicted molar refractivity (Wildman–Crippen MR) is 260 cm³/mol. The van der Waals surface area contributed by atoms with E-state index in [0.29, 0.717) is 49.3 Å². The fourth-order valence-electron chi connectivity index (χ4n) is 11.3. The number of thioether (sulfide) groups is 1. The number of aromatic amines is 1. The van der Waals surface area contributed by atoms with Gasteiger partial charge in [0.2, 0.25) is 0 Å². The number of piperidine rings is 1. The zero-order valence-corrected chi connectivity index (χ0v) is 40.1. The van der Waals surface area contributed by atoms with Crippen LogP contribution in [0.4, 0.5) is 21.5 Å². The molecule has 1 amide bonds. The molecule has 2 atom stereocenters. The molecule has 68 heavy (non-hydrogen) atoms. The first-order chi connectivity index (χ1) is 32.6. The van der Waals surface area contributed by atoms with Crippen LogP contribution >= 0.6 is 11.8 Å². The Bertz CT molecular complexity index is 2850. The minimum Gasteiger partial charge on any atom is -0.489 e. The van der Waals surface area contributed by atoms with Crippen LogP contribution in [0.2, 0.25) is 0 Å². The van der Waals surface area contributed by atoms with Crippen molar-refractivity contribution < 1.29 is 37.1 Å². The van der Waals surface area contributed by atoms with Crippen molar-refractivity contribution in [2.75, 3.05) is 48.0 Å². The van der Waals surface area contributed by atoms with Gasteiger partial charge in [0.1, 0.15) is 29.6 Å². The van der Waals surface area contributed by atoms with E-state index < -0.39 is 42.9 Å². The molecule has 360 valence electrons. The summed E-state index contributed by atoms with van der Waals surface area (Å²) < 4.78 is 57.0. The van der Waals surface area contributed by atoms with Crippen molar-refractivity contribution >= 4 is 55.8 Å². The SMILES string of the molecule is CC(C)c1ccccc1[C@H]1CSCCN1C1CC2(CCN(c3ccc(C(=O)NS(=O)(=O)c4cc5c(c([N+](=O)[O-])c4)N[C@@H](C4CCC(C)(O)CC4)CO5)c(Oc4cnc5[nH]cc(F)c5c4)c3)CC2)C1. The number of amides is 1. The fourth-order valence-corrected chi connectivity index (χ4v) is 13.4. The van der Waals surface area contributed by atoms with Crippen molar-refractivity contribution in [3.05, 3.63) is 106 Å². The Hall–Kier alpha value is -5.43. The van der Waals surface area contributed by atoms with Crippen LogP contribution in [0.15, 0.2) is 78.0 Å². The second kappa shape index (κ2) is 18.1. The average molecular weight is 968 g/mol. The minimum atomic E-state index is -4.72. The molecule has 0 unspecified atom stereocenters. The van der Waals surface area contributed by atoms with E-state index >= 15 is 0 Å². The minimum absolute atomic E-state index is 0.0196. The summed E-state index contributed by atoms with van der Waals surface area (Å²) in [6.45, 7) is 9.13. The molecule has 0 bridgehead atoms. The van der Waals surface area contributed by atoms with Crippen LogP contribution in [0, 0.1) is 27.3 Å². The van der Waals surface area contributed by atoms with Crippen molar-refractivity contribution in [1.29, 1.82) is 0 Å². The Balaban J connectivity index is 0.864. The average Bonchev–Trinajstić information content (AvgIpc) is 3.69. The normalized spacial score (nSPS) is 24.2. The highest BCUT2D eigenvalue weighted by Crippen LogP contribution is 2.54. The van der Waals surface area contributed by atoms with Gasteiger partial charge in [0, 0.05) is 73.3 Å². The second-order valence-corrected chi connectivity index (χ2v) is 22.9. The Morgan fingerprint density at radius 3 is 2.59 bits per heavy atom. The van der Waals surface area contributed by atoms with Gasteiger partial charge in [-0.05, 0) is 105 Å². The Kier molecular flexibility index (Phi) is 12.4. The highest BCUT2D eigenvalue weighted by molar-refractivity contribution is 7.99. The number of carbonyl (C=O) groups is 1. The molecule has 15 nitrogen and oxygen atoms in total. The summed E-state index contributed by atoms with van der Waals surface area (Å²) in [5, 5.41) is 26.2. The van der Waals surface area contributed by atoms with Crippen molar-refractivity contribution in [3.63, 3.8) is 0 Å². The predicted octanol–water partition coefficient (Wildman–Crippen LogP) is 9.30. The molecule has 3 aliphatic heterocycles. The molecule has 1 spiro atoms. The van der Waals surface area contributed by atoms with E-state index in [1.54, 1.807) is 19.1 Å². The van der Waals surface area contributed by atoms with Gasteiger partial charge < -0.3 is 29.8 Å². The lowest BCUT2D eigenvalue weighted by atomic mass is 9.59. The number of aromatic nitrogens is 2. The zero-order chi connectivity index (χ0) is 47.5. The molecule has 2 aliphatic carbocycles.